The molecule has 0 bridgehead atoms. The standard InChI is InChI=1S/C14H19N3O4S/c1-22(19,20)17-7-6-16-9-14(18)15-12-4-2-3-5-13(12)21-10-11(16)8-17/h2-5,11H,6-10H2,1H3,(H,15,18)/t11-/m1/s1. The van der Waals surface area contributed by atoms with Gasteiger partial charge in [-0.15, -0.1) is 0 Å². The number of anilines is 1. The van der Waals surface area contributed by atoms with Crippen molar-refractivity contribution in [2.75, 3.05) is 44.4 Å². The number of rotatable bonds is 1. The molecule has 0 spiro atoms. The molecular weight excluding hydrogens is 306 g/mol. The molecule has 1 aromatic rings. The normalized spacial score (nSPS) is 24.0. The zero-order valence-electron chi connectivity index (χ0n) is 12.4. The molecule has 0 aliphatic carbocycles. The van der Waals surface area contributed by atoms with E-state index in [1.54, 1.807) is 12.1 Å². The Morgan fingerprint density at radius 2 is 2.05 bits per heavy atom. The summed E-state index contributed by atoms with van der Waals surface area (Å²) >= 11 is 0. The highest BCUT2D eigenvalue weighted by molar-refractivity contribution is 7.88. The van der Waals surface area contributed by atoms with Crippen LogP contribution in [0.3, 0.4) is 0 Å². The Hall–Kier alpha value is -1.64. The maximum atomic E-state index is 12.1. The molecule has 1 aromatic carbocycles. The molecule has 22 heavy (non-hydrogen) atoms. The van der Waals surface area contributed by atoms with Crippen molar-refractivity contribution in [3.05, 3.63) is 24.3 Å². The quantitative estimate of drug-likeness (QED) is 0.784. The second-order valence-corrected chi connectivity index (χ2v) is 7.58. The van der Waals surface area contributed by atoms with Crippen molar-refractivity contribution in [1.82, 2.24) is 9.21 Å². The highest BCUT2D eigenvalue weighted by Gasteiger charge is 2.33. The minimum atomic E-state index is -3.23. The monoisotopic (exact) mass is 325 g/mol. The predicted molar refractivity (Wildman–Crippen MR) is 82.3 cm³/mol. The third-order valence-electron chi connectivity index (χ3n) is 3.98. The lowest BCUT2D eigenvalue weighted by Crippen LogP contribution is -2.57. The van der Waals surface area contributed by atoms with Gasteiger partial charge in [-0.1, -0.05) is 12.1 Å². The van der Waals surface area contributed by atoms with Gasteiger partial charge in [-0.05, 0) is 12.1 Å². The Kier molecular flexibility index (Phi) is 4.07. The SMILES string of the molecule is CS(=O)(=O)N1CCN2CC(=O)Nc3ccccc3OC[C@H]2C1. The molecule has 0 radical (unpaired) electrons. The number of sulfonamides is 1. The molecule has 1 atom stereocenters. The van der Waals surface area contributed by atoms with Crippen molar-refractivity contribution in [1.29, 1.82) is 0 Å². The van der Waals surface area contributed by atoms with Crippen LogP contribution in [0.15, 0.2) is 24.3 Å². The van der Waals surface area contributed by atoms with E-state index in [2.05, 4.69) is 5.32 Å². The first kappa shape index (κ1) is 15.3. The van der Waals surface area contributed by atoms with Gasteiger partial charge in [0.1, 0.15) is 12.4 Å². The topological polar surface area (TPSA) is 79.0 Å². The van der Waals surface area contributed by atoms with Crippen LogP contribution >= 0.6 is 0 Å². The summed E-state index contributed by atoms with van der Waals surface area (Å²) in [5.74, 6) is 0.491. The number of hydrogen-bond acceptors (Lipinski definition) is 5. The van der Waals surface area contributed by atoms with Crippen LogP contribution < -0.4 is 10.1 Å². The molecule has 0 saturated carbocycles. The van der Waals surface area contributed by atoms with E-state index in [0.29, 0.717) is 37.7 Å². The Balaban J connectivity index is 1.83. The summed E-state index contributed by atoms with van der Waals surface area (Å²) in [6.07, 6.45) is 1.21. The molecule has 2 aliphatic heterocycles. The third kappa shape index (κ3) is 3.23. The summed E-state index contributed by atoms with van der Waals surface area (Å²) < 4.78 is 30.7. The number of hydrogen-bond donors (Lipinski definition) is 1. The number of ether oxygens (including phenoxy) is 1. The van der Waals surface area contributed by atoms with Crippen molar-refractivity contribution >= 4 is 21.6 Å². The average Bonchev–Trinajstić information content (AvgIpc) is 2.52. The smallest absolute Gasteiger partial charge is 0.238 e. The van der Waals surface area contributed by atoms with Gasteiger partial charge in [0.05, 0.1) is 24.5 Å². The van der Waals surface area contributed by atoms with Crippen LogP contribution in [0, 0.1) is 0 Å². The van der Waals surface area contributed by atoms with E-state index in [0.717, 1.165) is 0 Å². The van der Waals surface area contributed by atoms with Gasteiger partial charge in [0.2, 0.25) is 15.9 Å². The largest absolute Gasteiger partial charge is 0.490 e. The number of carbonyl (C=O) groups excluding carboxylic acids is 1. The molecule has 120 valence electrons. The molecule has 0 unspecified atom stereocenters. The maximum Gasteiger partial charge on any atom is 0.238 e. The fourth-order valence-electron chi connectivity index (χ4n) is 2.79. The Morgan fingerprint density at radius 3 is 2.82 bits per heavy atom. The third-order valence-corrected chi connectivity index (χ3v) is 5.25. The van der Waals surface area contributed by atoms with E-state index in [1.165, 1.54) is 10.6 Å². The van der Waals surface area contributed by atoms with Gasteiger partial charge in [-0.2, -0.15) is 4.31 Å². The minimum Gasteiger partial charge on any atom is -0.490 e. The fourth-order valence-corrected chi connectivity index (χ4v) is 3.64. The van der Waals surface area contributed by atoms with Gasteiger partial charge in [-0.25, -0.2) is 8.42 Å². The molecule has 1 amide bonds. The molecular formula is C14H19N3O4S. The number of piperazine rings is 1. The van der Waals surface area contributed by atoms with Gasteiger partial charge in [0.25, 0.3) is 0 Å². The highest BCUT2D eigenvalue weighted by Crippen LogP contribution is 2.26. The van der Waals surface area contributed by atoms with Crippen molar-refractivity contribution in [2.45, 2.75) is 6.04 Å². The number of carbonyl (C=O) groups is 1. The lowest BCUT2D eigenvalue weighted by molar-refractivity contribution is -0.118. The number of fused-ring (bicyclic) bond motifs is 2. The van der Waals surface area contributed by atoms with E-state index in [4.69, 9.17) is 4.74 Å². The van der Waals surface area contributed by atoms with Crippen molar-refractivity contribution < 1.29 is 17.9 Å². The summed E-state index contributed by atoms with van der Waals surface area (Å²) in [5, 5.41) is 2.84. The van der Waals surface area contributed by atoms with Gasteiger partial charge < -0.3 is 10.1 Å². The predicted octanol–water partition coefficient (Wildman–Crippen LogP) is -0.0367. The van der Waals surface area contributed by atoms with Crippen molar-refractivity contribution in [3.63, 3.8) is 0 Å². The molecule has 8 heteroatoms. The van der Waals surface area contributed by atoms with Crippen LogP contribution in [0.5, 0.6) is 5.75 Å². The maximum absolute atomic E-state index is 12.1. The summed E-state index contributed by atoms with van der Waals surface area (Å²) in [7, 11) is -3.23. The Bertz CT molecular complexity index is 676. The zero-order chi connectivity index (χ0) is 15.7. The van der Waals surface area contributed by atoms with E-state index in [9.17, 15) is 13.2 Å². The summed E-state index contributed by atoms with van der Waals surface area (Å²) in [5.41, 5.74) is 0.646. The highest BCUT2D eigenvalue weighted by atomic mass is 32.2. The fraction of sp³-hybridized carbons (Fsp3) is 0.500. The average molecular weight is 325 g/mol. The molecule has 7 nitrogen and oxygen atoms in total. The van der Waals surface area contributed by atoms with Gasteiger partial charge >= 0.3 is 0 Å². The number of amides is 1. The Labute approximate surface area is 129 Å². The number of benzene rings is 1. The molecule has 0 aromatic heterocycles. The van der Waals surface area contributed by atoms with Crippen molar-refractivity contribution in [3.8, 4) is 5.75 Å². The van der Waals surface area contributed by atoms with Crippen LogP contribution in [-0.4, -0.2) is 68.6 Å². The second kappa shape index (κ2) is 5.86. The van der Waals surface area contributed by atoms with Crippen LogP contribution in [0.25, 0.3) is 0 Å². The van der Waals surface area contributed by atoms with E-state index in [1.807, 2.05) is 17.0 Å². The van der Waals surface area contributed by atoms with Crippen molar-refractivity contribution in [2.24, 2.45) is 0 Å². The summed E-state index contributed by atoms with van der Waals surface area (Å²) in [4.78, 5) is 14.1. The summed E-state index contributed by atoms with van der Waals surface area (Å²) in [6.45, 7) is 1.84. The summed E-state index contributed by atoms with van der Waals surface area (Å²) in [6, 6.07) is 7.12. The van der Waals surface area contributed by atoms with E-state index < -0.39 is 10.0 Å². The first-order chi connectivity index (χ1) is 10.4. The molecule has 1 N–H and O–H groups in total. The molecule has 2 aliphatic rings. The molecule has 2 heterocycles. The second-order valence-electron chi connectivity index (χ2n) is 5.60. The molecule has 1 saturated heterocycles. The first-order valence-electron chi connectivity index (χ1n) is 7.14. The lowest BCUT2D eigenvalue weighted by atomic mass is 10.2. The van der Waals surface area contributed by atoms with E-state index in [-0.39, 0.29) is 18.5 Å². The molecule has 3 rings (SSSR count). The van der Waals surface area contributed by atoms with Gasteiger partial charge in [0, 0.05) is 19.6 Å². The molecule has 1 fully saturated rings. The van der Waals surface area contributed by atoms with Gasteiger partial charge in [-0.3, -0.25) is 9.69 Å². The number of nitrogens with zero attached hydrogens (tertiary/aromatic N) is 2. The van der Waals surface area contributed by atoms with Crippen LogP contribution in [0.4, 0.5) is 5.69 Å². The van der Waals surface area contributed by atoms with Crippen LogP contribution in [-0.2, 0) is 14.8 Å². The number of nitrogens with one attached hydrogen (secondary N) is 1. The number of para-hydroxylation sites is 2. The first-order valence-corrected chi connectivity index (χ1v) is 8.99. The van der Waals surface area contributed by atoms with Crippen LogP contribution in [0.1, 0.15) is 0 Å². The minimum absolute atomic E-state index is 0.115. The van der Waals surface area contributed by atoms with Crippen LogP contribution in [0.2, 0.25) is 0 Å². The zero-order valence-corrected chi connectivity index (χ0v) is 13.2. The Morgan fingerprint density at radius 1 is 1.27 bits per heavy atom. The van der Waals surface area contributed by atoms with E-state index >= 15 is 0 Å². The van der Waals surface area contributed by atoms with Gasteiger partial charge in [0.15, 0.2) is 0 Å². The lowest BCUT2D eigenvalue weighted by Gasteiger charge is -2.39.